The van der Waals surface area contributed by atoms with Gasteiger partial charge in [-0.2, -0.15) is 13.2 Å². The van der Waals surface area contributed by atoms with Gasteiger partial charge in [-0.3, -0.25) is 9.78 Å². The maximum atomic E-state index is 14.0. The maximum Gasteiger partial charge on any atom is 0.417 e. The molecule has 1 saturated heterocycles. The number of fused-ring (bicyclic) bond motifs is 1. The summed E-state index contributed by atoms with van der Waals surface area (Å²) in [4.78, 5) is 18.5. The molecule has 9 heteroatoms. The van der Waals surface area contributed by atoms with Crippen LogP contribution >= 0.6 is 0 Å². The minimum absolute atomic E-state index is 0.0267. The standard InChI is InChI=1S/C20H25F4N3O2/c21-16-11-29-6-4-18(16)26-15-2-1-12(8-15)19(28)27-5-3-17-13(10-27)7-14(9-25-17)20(22,23)24/h7,9,12,15-16,18,26H,1-6,8,10-11H2/t12-,15?,16+,18-/m0/s1. The zero-order valence-electron chi connectivity index (χ0n) is 16.1. The van der Waals surface area contributed by atoms with Crippen molar-refractivity contribution < 1.29 is 27.1 Å². The number of ether oxygens (including phenoxy) is 1. The molecule has 0 bridgehead atoms. The van der Waals surface area contributed by atoms with Gasteiger partial charge in [-0.25, -0.2) is 4.39 Å². The van der Waals surface area contributed by atoms with Crippen LogP contribution in [-0.2, 0) is 28.7 Å². The number of carbonyl (C=O) groups is 1. The molecule has 1 N–H and O–H groups in total. The Labute approximate surface area is 166 Å². The molecule has 3 aliphatic rings. The third-order valence-electron chi connectivity index (χ3n) is 6.20. The van der Waals surface area contributed by atoms with Crippen molar-refractivity contribution in [3.63, 3.8) is 0 Å². The molecule has 1 unspecified atom stereocenters. The first kappa shape index (κ1) is 20.5. The van der Waals surface area contributed by atoms with Gasteiger partial charge in [-0.05, 0) is 37.3 Å². The number of carbonyl (C=O) groups excluding carboxylic acids is 1. The molecule has 0 radical (unpaired) electrons. The van der Waals surface area contributed by atoms with E-state index in [1.807, 2.05) is 0 Å². The van der Waals surface area contributed by atoms with E-state index in [0.29, 0.717) is 50.1 Å². The number of pyridine rings is 1. The third kappa shape index (κ3) is 4.55. The Morgan fingerprint density at radius 3 is 2.86 bits per heavy atom. The van der Waals surface area contributed by atoms with Gasteiger partial charge in [-0.1, -0.05) is 0 Å². The lowest BCUT2D eigenvalue weighted by atomic mass is 10.00. The molecule has 1 amide bonds. The van der Waals surface area contributed by atoms with Crippen molar-refractivity contribution in [1.29, 1.82) is 0 Å². The van der Waals surface area contributed by atoms with E-state index < -0.39 is 17.9 Å². The van der Waals surface area contributed by atoms with E-state index in [2.05, 4.69) is 10.3 Å². The lowest BCUT2D eigenvalue weighted by molar-refractivity contribution is -0.137. The van der Waals surface area contributed by atoms with E-state index in [0.717, 1.165) is 18.7 Å². The van der Waals surface area contributed by atoms with Gasteiger partial charge in [0.15, 0.2) is 0 Å². The van der Waals surface area contributed by atoms with Crippen molar-refractivity contribution in [2.24, 2.45) is 5.92 Å². The number of halogens is 4. The van der Waals surface area contributed by atoms with Gasteiger partial charge in [-0.15, -0.1) is 0 Å². The van der Waals surface area contributed by atoms with Crippen molar-refractivity contribution in [3.05, 3.63) is 29.1 Å². The molecule has 4 atom stereocenters. The van der Waals surface area contributed by atoms with Crippen LogP contribution in [0.5, 0.6) is 0 Å². The maximum absolute atomic E-state index is 14.0. The molecular formula is C20H25F4N3O2. The Morgan fingerprint density at radius 1 is 1.28 bits per heavy atom. The first-order chi connectivity index (χ1) is 13.8. The van der Waals surface area contributed by atoms with E-state index in [-0.39, 0.29) is 37.1 Å². The Morgan fingerprint density at radius 2 is 2.10 bits per heavy atom. The zero-order chi connectivity index (χ0) is 20.6. The molecule has 5 nitrogen and oxygen atoms in total. The summed E-state index contributed by atoms with van der Waals surface area (Å²) in [6.07, 6.45) is -1.41. The quantitative estimate of drug-likeness (QED) is 0.772. The number of aromatic nitrogens is 1. The van der Waals surface area contributed by atoms with Crippen LogP contribution in [0.1, 0.15) is 42.5 Å². The predicted molar refractivity (Wildman–Crippen MR) is 96.7 cm³/mol. The SMILES string of the molecule is O=C([C@H]1CCC(N[C@H]2CCOC[C@H]2F)C1)N1CCc2ncc(C(F)(F)F)cc2C1. The highest BCUT2D eigenvalue weighted by molar-refractivity contribution is 5.79. The first-order valence-electron chi connectivity index (χ1n) is 10.1. The summed E-state index contributed by atoms with van der Waals surface area (Å²) >= 11 is 0. The third-order valence-corrected chi connectivity index (χ3v) is 6.20. The average molecular weight is 415 g/mol. The zero-order valence-corrected chi connectivity index (χ0v) is 16.1. The summed E-state index contributed by atoms with van der Waals surface area (Å²) in [7, 11) is 0. The Hall–Kier alpha value is -1.74. The first-order valence-corrected chi connectivity index (χ1v) is 10.1. The van der Waals surface area contributed by atoms with Crippen molar-refractivity contribution in [2.75, 3.05) is 19.8 Å². The summed E-state index contributed by atoms with van der Waals surface area (Å²) < 4.78 is 58.0. The topological polar surface area (TPSA) is 54.5 Å². The van der Waals surface area contributed by atoms with Crippen LogP contribution in [0.15, 0.2) is 12.3 Å². The van der Waals surface area contributed by atoms with Gasteiger partial charge >= 0.3 is 6.18 Å². The number of hydrogen-bond donors (Lipinski definition) is 1. The molecule has 3 heterocycles. The molecule has 0 spiro atoms. The molecule has 1 aromatic heterocycles. The number of rotatable bonds is 3. The summed E-state index contributed by atoms with van der Waals surface area (Å²) in [5.41, 5.74) is 0.309. The normalized spacial score (nSPS) is 30.3. The highest BCUT2D eigenvalue weighted by Crippen LogP contribution is 2.33. The van der Waals surface area contributed by atoms with Gasteiger partial charge < -0.3 is 15.0 Å². The van der Waals surface area contributed by atoms with Crippen LogP contribution in [0.4, 0.5) is 17.6 Å². The Bertz CT molecular complexity index is 758. The number of nitrogens with one attached hydrogen (secondary N) is 1. The molecule has 4 rings (SSSR count). The second-order valence-electron chi connectivity index (χ2n) is 8.20. The molecule has 2 aliphatic heterocycles. The average Bonchev–Trinajstić information content (AvgIpc) is 3.16. The second-order valence-corrected chi connectivity index (χ2v) is 8.20. The fourth-order valence-electron chi connectivity index (χ4n) is 4.58. The van der Waals surface area contributed by atoms with Crippen LogP contribution in [0, 0.1) is 5.92 Å². The molecule has 1 saturated carbocycles. The van der Waals surface area contributed by atoms with Crippen LogP contribution < -0.4 is 5.32 Å². The fraction of sp³-hybridized carbons (Fsp3) is 0.700. The minimum atomic E-state index is -4.45. The highest BCUT2D eigenvalue weighted by Gasteiger charge is 2.37. The van der Waals surface area contributed by atoms with Crippen molar-refractivity contribution >= 4 is 5.91 Å². The molecule has 29 heavy (non-hydrogen) atoms. The largest absolute Gasteiger partial charge is 0.417 e. The Balaban J connectivity index is 1.36. The smallest absolute Gasteiger partial charge is 0.378 e. The molecule has 0 aromatic carbocycles. The van der Waals surface area contributed by atoms with Gasteiger partial charge in [0.05, 0.1) is 12.2 Å². The van der Waals surface area contributed by atoms with E-state index in [1.54, 1.807) is 4.90 Å². The molecule has 160 valence electrons. The van der Waals surface area contributed by atoms with E-state index in [9.17, 15) is 22.4 Å². The van der Waals surface area contributed by atoms with Crippen molar-refractivity contribution in [2.45, 2.75) is 63.1 Å². The van der Waals surface area contributed by atoms with Gasteiger partial charge in [0.25, 0.3) is 0 Å². The number of alkyl halides is 4. The van der Waals surface area contributed by atoms with Crippen LogP contribution in [0.3, 0.4) is 0 Å². The monoisotopic (exact) mass is 415 g/mol. The number of nitrogens with zero attached hydrogens (tertiary/aromatic N) is 2. The molecule has 1 aliphatic carbocycles. The minimum Gasteiger partial charge on any atom is -0.378 e. The fourth-order valence-corrected chi connectivity index (χ4v) is 4.58. The van der Waals surface area contributed by atoms with Crippen LogP contribution in [0.25, 0.3) is 0 Å². The number of hydrogen-bond acceptors (Lipinski definition) is 4. The summed E-state index contributed by atoms with van der Waals surface area (Å²) in [6.45, 7) is 1.26. The van der Waals surface area contributed by atoms with Gasteiger partial charge in [0, 0.05) is 56.0 Å². The van der Waals surface area contributed by atoms with Gasteiger partial charge in [0.2, 0.25) is 5.91 Å². The predicted octanol–water partition coefficient (Wildman–Crippen LogP) is 2.87. The summed E-state index contributed by atoms with van der Waals surface area (Å²) in [5, 5.41) is 3.33. The molecular weight excluding hydrogens is 390 g/mol. The van der Waals surface area contributed by atoms with Crippen LogP contribution in [0.2, 0.25) is 0 Å². The highest BCUT2D eigenvalue weighted by atomic mass is 19.4. The lowest BCUT2D eigenvalue weighted by Gasteiger charge is -2.31. The molecule has 1 aromatic rings. The Kier molecular flexibility index (Phi) is 5.79. The summed E-state index contributed by atoms with van der Waals surface area (Å²) in [5.74, 6) is -0.202. The molecule has 2 fully saturated rings. The lowest BCUT2D eigenvalue weighted by Crippen LogP contribution is -2.48. The van der Waals surface area contributed by atoms with Crippen molar-refractivity contribution in [3.8, 4) is 0 Å². The van der Waals surface area contributed by atoms with E-state index >= 15 is 0 Å². The van der Waals surface area contributed by atoms with Gasteiger partial charge in [0.1, 0.15) is 6.17 Å². The second kappa shape index (κ2) is 8.18. The van der Waals surface area contributed by atoms with E-state index in [1.165, 1.54) is 0 Å². The number of amides is 1. The van der Waals surface area contributed by atoms with Crippen LogP contribution in [-0.4, -0.2) is 53.8 Å². The van der Waals surface area contributed by atoms with E-state index in [4.69, 9.17) is 4.74 Å². The van der Waals surface area contributed by atoms with Crippen molar-refractivity contribution in [1.82, 2.24) is 15.2 Å². The summed E-state index contributed by atoms with van der Waals surface area (Å²) in [6, 6.07) is 0.949.